The Bertz CT molecular complexity index is 507. The summed E-state index contributed by atoms with van der Waals surface area (Å²) in [7, 11) is 0. The molecular formula is C18H25NO3. The number of benzene rings is 1. The van der Waals surface area contributed by atoms with Crippen molar-refractivity contribution in [2.24, 2.45) is 0 Å². The van der Waals surface area contributed by atoms with Gasteiger partial charge in [-0.1, -0.05) is 30.3 Å². The zero-order valence-electron chi connectivity index (χ0n) is 13.6. The molecule has 0 bridgehead atoms. The minimum absolute atomic E-state index is 0.122. The second kappa shape index (κ2) is 6.95. The van der Waals surface area contributed by atoms with E-state index in [9.17, 15) is 9.59 Å². The number of nitrogens with zero attached hydrogens (tertiary/aromatic N) is 1. The van der Waals surface area contributed by atoms with E-state index in [4.69, 9.17) is 4.74 Å². The zero-order chi connectivity index (χ0) is 16.2. The molecule has 4 heteroatoms. The summed E-state index contributed by atoms with van der Waals surface area (Å²) in [5, 5.41) is 0. The first-order valence-electron chi connectivity index (χ1n) is 7.92. The average Bonchev–Trinajstić information content (AvgIpc) is 2.48. The standard InChI is InChI=1S/C18H25NO3/c1-18(2,3)22-17(21)19-12-8-7-11-16(19)15(13-20)14-9-5-4-6-10-14/h4-6,9-10,13,15-16H,7-8,11-12H2,1-3H3/t15-,16-/m1/s1. The average molecular weight is 303 g/mol. The molecule has 1 aliphatic heterocycles. The summed E-state index contributed by atoms with van der Waals surface area (Å²) in [5.74, 6) is -0.297. The Hall–Kier alpha value is -1.84. The highest BCUT2D eigenvalue weighted by molar-refractivity contribution is 5.71. The number of hydrogen-bond acceptors (Lipinski definition) is 3. The van der Waals surface area contributed by atoms with Gasteiger partial charge in [-0.15, -0.1) is 0 Å². The molecule has 1 aliphatic rings. The van der Waals surface area contributed by atoms with E-state index in [1.54, 1.807) is 4.90 Å². The SMILES string of the molecule is CC(C)(C)OC(=O)N1CCCC[C@@H]1[C@H](C=O)c1ccccc1. The highest BCUT2D eigenvalue weighted by Gasteiger charge is 2.35. The lowest BCUT2D eigenvalue weighted by Crippen LogP contribution is -2.49. The highest BCUT2D eigenvalue weighted by atomic mass is 16.6. The third kappa shape index (κ3) is 4.09. The molecule has 0 N–H and O–H groups in total. The van der Waals surface area contributed by atoms with Gasteiger partial charge in [0.1, 0.15) is 11.9 Å². The Morgan fingerprint density at radius 1 is 1.27 bits per heavy atom. The fraction of sp³-hybridized carbons (Fsp3) is 0.556. The lowest BCUT2D eigenvalue weighted by atomic mass is 9.86. The first kappa shape index (κ1) is 16.5. The Morgan fingerprint density at radius 2 is 1.95 bits per heavy atom. The van der Waals surface area contributed by atoms with Crippen LogP contribution < -0.4 is 0 Å². The van der Waals surface area contributed by atoms with Crippen molar-refractivity contribution >= 4 is 12.4 Å². The van der Waals surface area contributed by atoms with Gasteiger partial charge in [-0.2, -0.15) is 0 Å². The van der Waals surface area contributed by atoms with Crippen molar-refractivity contribution in [1.82, 2.24) is 4.90 Å². The summed E-state index contributed by atoms with van der Waals surface area (Å²) in [4.78, 5) is 25.9. The van der Waals surface area contributed by atoms with Crippen molar-refractivity contribution in [2.45, 2.75) is 57.6 Å². The van der Waals surface area contributed by atoms with Gasteiger partial charge in [0, 0.05) is 12.6 Å². The summed E-state index contributed by atoms with van der Waals surface area (Å²) >= 11 is 0. The van der Waals surface area contributed by atoms with Crippen molar-refractivity contribution in [1.29, 1.82) is 0 Å². The molecule has 1 aromatic rings. The maximum absolute atomic E-state index is 12.5. The monoisotopic (exact) mass is 303 g/mol. The van der Waals surface area contributed by atoms with E-state index in [-0.39, 0.29) is 18.1 Å². The predicted octanol–water partition coefficient (Wildman–Crippen LogP) is 3.76. The molecule has 0 aromatic heterocycles. The topological polar surface area (TPSA) is 46.6 Å². The molecule has 1 saturated heterocycles. The van der Waals surface area contributed by atoms with Crippen LogP contribution in [0.2, 0.25) is 0 Å². The van der Waals surface area contributed by atoms with Crippen LogP contribution in [0.4, 0.5) is 4.79 Å². The normalized spacial score (nSPS) is 20.3. The van der Waals surface area contributed by atoms with E-state index in [0.29, 0.717) is 6.54 Å². The molecule has 2 rings (SSSR count). The van der Waals surface area contributed by atoms with Crippen LogP contribution in [0.5, 0.6) is 0 Å². The number of likely N-dealkylation sites (tertiary alicyclic amines) is 1. The van der Waals surface area contributed by atoms with Gasteiger partial charge in [0.25, 0.3) is 0 Å². The van der Waals surface area contributed by atoms with E-state index in [0.717, 1.165) is 31.1 Å². The minimum Gasteiger partial charge on any atom is -0.444 e. The molecule has 1 amide bonds. The summed E-state index contributed by atoms with van der Waals surface area (Å²) in [6.45, 7) is 6.23. The zero-order valence-corrected chi connectivity index (χ0v) is 13.6. The third-order valence-electron chi connectivity index (χ3n) is 3.92. The number of amides is 1. The van der Waals surface area contributed by atoms with Crippen LogP contribution in [0, 0.1) is 0 Å². The van der Waals surface area contributed by atoms with Gasteiger partial charge in [-0.3, -0.25) is 0 Å². The Labute approximate surface area is 132 Å². The van der Waals surface area contributed by atoms with E-state index in [2.05, 4.69) is 0 Å². The smallest absolute Gasteiger partial charge is 0.410 e. The first-order valence-corrected chi connectivity index (χ1v) is 7.92. The quantitative estimate of drug-likeness (QED) is 0.799. The molecule has 0 unspecified atom stereocenters. The Morgan fingerprint density at radius 3 is 2.55 bits per heavy atom. The van der Waals surface area contributed by atoms with Crippen LogP contribution in [0.15, 0.2) is 30.3 Å². The molecule has 1 heterocycles. The molecule has 120 valence electrons. The highest BCUT2D eigenvalue weighted by Crippen LogP contribution is 2.30. The van der Waals surface area contributed by atoms with Crippen molar-refractivity contribution in [3.63, 3.8) is 0 Å². The lowest BCUT2D eigenvalue weighted by Gasteiger charge is -2.39. The van der Waals surface area contributed by atoms with E-state index >= 15 is 0 Å². The molecule has 1 aromatic carbocycles. The van der Waals surface area contributed by atoms with E-state index < -0.39 is 5.60 Å². The molecular weight excluding hydrogens is 278 g/mol. The molecule has 0 spiro atoms. The van der Waals surface area contributed by atoms with Gasteiger partial charge >= 0.3 is 6.09 Å². The Balaban J connectivity index is 2.21. The van der Waals surface area contributed by atoms with Crippen LogP contribution >= 0.6 is 0 Å². The van der Waals surface area contributed by atoms with Crippen LogP contribution in [-0.2, 0) is 9.53 Å². The van der Waals surface area contributed by atoms with Crippen LogP contribution in [0.3, 0.4) is 0 Å². The number of piperidine rings is 1. The maximum atomic E-state index is 12.5. The summed E-state index contributed by atoms with van der Waals surface area (Å²) in [6.07, 6.45) is 3.46. The van der Waals surface area contributed by atoms with Crippen LogP contribution in [0.1, 0.15) is 51.5 Å². The van der Waals surface area contributed by atoms with Crippen molar-refractivity contribution in [3.05, 3.63) is 35.9 Å². The van der Waals surface area contributed by atoms with Gasteiger partial charge in [-0.25, -0.2) is 4.79 Å². The second-order valence-electron chi connectivity index (χ2n) is 6.81. The molecule has 1 fully saturated rings. The second-order valence-corrected chi connectivity index (χ2v) is 6.81. The van der Waals surface area contributed by atoms with Crippen molar-refractivity contribution in [3.8, 4) is 0 Å². The van der Waals surface area contributed by atoms with Gasteiger partial charge in [0.15, 0.2) is 0 Å². The number of hydrogen-bond donors (Lipinski definition) is 0. The third-order valence-corrected chi connectivity index (χ3v) is 3.92. The largest absolute Gasteiger partial charge is 0.444 e. The number of ether oxygens (including phenoxy) is 1. The van der Waals surface area contributed by atoms with Gasteiger partial charge in [-0.05, 0) is 45.6 Å². The molecule has 0 saturated carbocycles. The maximum Gasteiger partial charge on any atom is 0.410 e. The van der Waals surface area contributed by atoms with Crippen molar-refractivity contribution in [2.75, 3.05) is 6.54 Å². The summed E-state index contributed by atoms with van der Waals surface area (Å²) in [5.41, 5.74) is 0.431. The molecule has 2 atom stereocenters. The number of carbonyl (C=O) groups excluding carboxylic acids is 2. The van der Waals surface area contributed by atoms with Gasteiger partial charge in [0.2, 0.25) is 0 Å². The van der Waals surface area contributed by atoms with E-state index in [1.165, 1.54) is 0 Å². The van der Waals surface area contributed by atoms with Crippen LogP contribution in [0.25, 0.3) is 0 Å². The number of carbonyl (C=O) groups is 2. The summed E-state index contributed by atoms with van der Waals surface area (Å²) < 4.78 is 5.51. The molecule has 4 nitrogen and oxygen atoms in total. The fourth-order valence-electron chi connectivity index (χ4n) is 2.94. The molecule has 22 heavy (non-hydrogen) atoms. The van der Waals surface area contributed by atoms with Crippen LogP contribution in [-0.4, -0.2) is 35.5 Å². The fourth-order valence-corrected chi connectivity index (χ4v) is 2.94. The Kier molecular flexibility index (Phi) is 5.22. The predicted molar refractivity (Wildman–Crippen MR) is 85.8 cm³/mol. The van der Waals surface area contributed by atoms with Crippen molar-refractivity contribution < 1.29 is 14.3 Å². The first-order chi connectivity index (χ1) is 10.4. The number of rotatable bonds is 3. The minimum atomic E-state index is -0.525. The lowest BCUT2D eigenvalue weighted by molar-refractivity contribution is -0.110. The van der Waals surface area contributed by atoms with E-state index in [1.807, 2.05) is 51.1 Å². The molecule has 0 radical (unpaired) electrons. The number of aldehydes is 1. The molecule has 0 aliphatic carbocycles. The van der Waals surface area contributed by atoms with Gasteiger partial charge in [0.05, 0.1) is 5.92 Å². The summed E-state index contributed by atoms with van der Waals surface area (Å²) in [6, 6.07) is 9.54. The van der Waals surface area contributed by atoms with Gasteiger partial charge < -0.3 is 14.4 Å².